The van der Waals surface area contributed by atoms with E-state index in [0.717, 1.165) is 17.9 Å². The van der Waals surface area contributed by atoms with Crippen molar-refractivity contribution in [3.05, 3.63) is 29.7 Å². The van der Waals surface area contributed by atoms with Crippen molar-refractivity contribution in [2.24, 2.45) is 10.1 Å². The van der Waals surface area contributed by atoms with Crippen LogP contribution in [0.3, 0.4) is 0 Å². The van der Waals surface area contributed by atoms with Gasteiger partial charge in [0.2, 0.25) is 5.17 Å². The first-order valence-corrected chi connectivity index (χ1v) is 9.03. The summed E-state index contributed by atoms with van der Waals surface area (Å²) in [6.45, 7) is 2.20. The third kappa shape index (κ3) is 3.67. The number of carbonyl (C=O) groups is 1. The second kappa shape index (κ2) is 7.61. The Morgan fingerprint density at radius 1 is 1.33 bits per heavy atom. The molecule has 0 saturated carbocycles. The first kappa shape index (κ1) is 16.7. The van der Waals surface area contributed by atoms with Crippen molar-refractivity contribution in [3.8, 4) is 0 Å². The highest BCUT2D eigenvalue weighted by Crippen LogP contribution is 2.30. The Morgan fingerprint density at radius 2 is 2.17 bits per heavy atom. The van der Waals surface area contributed by atoms with E-state index in [1.807, 2.05) is 0 Å². The van der Waals surface area contributed by atoms with E-state index in [0.29, 0.717) is 10.9 Å². The summed E-state index contributed by atoms with van der Waals surface area (Å²) >= 11 is 1.39. The van der Waals surface area contributed by atoms with Crippen molar-refractivity contribution in [2.75, 3.05) is 0 Å². The van der Waals surface area contributed by atoms with Gasteiger partial charge in [-0.15, -0.1) is 0 Å². The molecule has 0 fully saturated rings. The van der Waals surface area contributed by atoms with Gasteiger partial charge in [-0.25, -0.2) is 0 Å². The standard InChI is InChI=1S/C17H20N4O2S/c1-2-3-4-5-6-9-14-20-21-15(18)13(11-12-8-7-10-23-12)16(22)19-17(21)24-14/h7-8,10-11,18H,2-6,9H2,1H3. The highest BCUT2D eigenvalue weighted by Gasteiger charge is 2.35. The van der Waals surface area contributed by atoms with E-state index in [-0.39, 0.29) is 11.4 Å². The van der Waals surface area contributed by atoms with Crippen LogP contribution >= 0.6 is 11.8 Å². The summed E-state index contributed by atoms with van der Waals surface area (Å²) < 4.78 is 5.22. The molecule has 0 atom stereocenters. The second-order valence-electron chi connectivity index (χ2n) is 5.69. The van der Waals surface area contributed by atoms with Crippen LogP contribution in [0.15, 0.2) is 38.5 Å². The minimum atomic E-state index is -0.422. The molecule has 1 N–H and O–H groups in total. The van der Waals surface area contributed by atoms with Crippen molar-refractivity contribution in [3.63, 3.8) is 0 Å². The van der Waals surface area contributed by atoms with E-state index >= 15 is 0 Å². The number of furan rings is 1. The number of thioether (sulfide) groups is 1. The molecule has 0 spiro atoms. The molecule has 3 heterocycles. The molecule has 24 heavy (non-hydrogen) atoms. The molecule has 0 saturated heterocycles. The van der Waals surface area contributed by atoms with Crippen molar-refractivity contribution in [2.45, 2.75) is 45.4 Å². The number of hydrogen-bond donors (Lipinski definition) is 1. The van der Waals surface area contributed by atoms with Crippen LogP contribution in [0.25, 0.3) is 6.08 Å². The van der Waals surface area contributed by atoms with Crippen LogP contribution in [0.1, 0.15) is 51.2 Å². The lowest BCUT2D eigenvalue weighted by molar-refractivity contribution is -0.114. The van der Waals surface area contributed by atoms with Gasteiger partial charge in [-0.2, -0.15) is 15.1 Å². The van der Waals surface area contributed by atoms with E-state index in [9.17, 15) is 4.79 Å². The number of hydrogen-bond acceptors (Lipinski definition) is 5. The molecule has 3 rings (SSSR count). The van der Waals surface area contributed by atoms with Crippen LogP contribution in [-0.2, 0) is 4.79 Å². The first-order valence-electron chi connectivity index (χ1n) is 8.21. The van der Waals surface area contributed by atoms with Gasteiger partial charge in [0.15, 0.2) is 5.84 Å². The molecule has 0 radical (unpaired) electrons. The average Bonchev–Trinajstić information content (AvgIpc) is 3.21. The fourth-order valence-electron chi connectivity index (χ4n) is 2.53. The Bertz CT molecular complexity index is 719. The normalized spacial score (nSPS) is 18.9. The molecule has 0 unspecified atom stereocenters. The monoisotopic (exact) mass is 344 g/mol. The van der Waals surface area contributed by atoms with Crippen molar-refractivity contribution in [1.29, 1.82) is 5.41 Å². The van der Waals surface area contributed by atoms with Crippen LogP contribution in [0.2, 0.25) is 0 Å². The van der Waals surface area contributed by atoms with Crippen LogP contribution < -0.4 is 0 Å². The molecule has 0 aromatic carbocycles. The number of hydrazone groups is 1. The van der Waals surface area contributed by atoms with Gasteiger partial charge >= 0.3 is 0 Å². The lowest BCUT2D eigenvalue weighted by atomic mass is 10.1. The Labute approximate surface area is 145 Å². The van der Waals surface area contributed by atoms with E-state index in [1.54, 1.807) is 12.1 Å². The summed E-state index contributed by atoms with van der Waals surface area (Å²) in [7, 11) is 0. The fraction of sp³-hybridized carbons (Fsp3) is 0.412. The lowest BCUT2D eigenvalue weighted by Gasteiger charge is -2.19. The maximum Gasteiger partial charge on any atom is 0.283 e. The molecule has 1 aromatic heterocycles. The number of amides is 1. The van der Waals surface area contributed by atoms with Crippen LogP contribution in [0, 0.1) is 5.41 Å². The van der Waals surface area contributed by atoms with Gasteiger partial charge in [-0.05, 0) is 42.8 Å². The number of nitrogens with zero attached hydrogens (tertiary/aromatic N) is 3. The summed E-state index contributed by atoms with van der Waals surface area (Å²) in [6.07, 6.45) is 9.91. The van der Waals surface area contributed by atoms with Crippen molar-refractivity contribution < 1.29 is 9.21 Å². The quantitative estimate of drug-likeness (QED) is 0.592. The minimum absolute atomic E-state index is 0.0508. The molecule has 126 valence electrons. The Hall–Kier alpha value is -2.15. The maximum absolute atomic E-state index is 12.2. The topological polar surface area (TPSA) is 82.0 Å². The number of amidine groups is 2. The third-order valence-electron chi connectivity index (χ3n) is 3.82. The van der Waals surface area contributed by atoms with Gasteiger partial charge in [0.1, 0.15) is 10.8 Å². The highest BCUT2D eigenvalue weighted by molar-refractivity contribution is 8.26. The third-order valence-corrected chi connectivity index (χ3v) is 4.79. The van der Waals surface area contributed by atoms with Gasteiger partial charge < -0.3 is 4.42 Å². The number of rotatable bonds is 7. The van der Waals surface area contributed by atoms with Crippen molar-refractivity contribution in [1.82, 2.24) is 5.01 Å². The summed E-state index contributed by atoms with van der Waals surface area (Å²) in [5.74, 6) is 0.151. The van der Waals surface area contributed by atoms with Gasteiger partial charge in [-0.3, -0.25) is 10.2 Å². The lowest BCUT2D eigenvalue weighted by Crippen LogP contribution is -2.35. The van der Waals surface area contributed by atoms with E-state index in [2.05, 4.69) is 17.0 Å². The molecule has 0 aliphatic carbocycles. The fourth-order valence-corrected chi connectivity index (χ4v) is 3.45. The Kier molecular flexibility index (Phi) is 5.30. The number of unbranched alkanes of at least 4 members (excludes halogenated alkanes) is 4. The number of fused-ring (bicyclic) bond motifs is 1. The van der Waals surface area contributed by atoms with Gasteiger partial charge in [0, 0.05) is 0 Å². The molecule has 7 heteroatoms. The molecule has 6 nitrogen and oxygen atoms in total. The molecular formula is C17H20N4O2S. The van der Waals surface area contributed by atoms with Crippen LogP contribution in [-0.4, -0.2) is 27.0 Å². The van der Waals surface area contributed by atoms with Gasteiger partial charge in [0.25, 0.3) is 5.91 Å². The Balaban J connectivity index is 1.67. The van der Waals surface area contributed by atoms with Crippen LogP contribution in [0.4, 0.5) is 0 Å². The van der Waals surface area contributed by atoms with E-state index in [1.165, 1.54) is 54.8 Å². The number of carbonyl (C=O) groups excluding carboxylic acids is 1. The molecule has 2 aliphatic heterocycles. The van der Waals surface area contributed by atoms with E-state index < -0.39 is 5.91 Å². The second-order valence-corrected chi connectivity index (χ2v) is 6.73. The average molecular weight is 344 g/mol. The Morgan fingerprint density at radius 3 is 2.92 bits per heavy atom. The zero-order chi connectivity index (χ0) is 16.9. The number of nitrogens with one attached hydrogen (secondary N) is 1. The summed E-state index contributed by atoms with van der Waals surface area (Å²) in [6, 6.07) is 3.47. The van der Waals surface area contributed by atoms with Crippen molar-refractivity contribution >= 4 is 39.8 Å². The summed E-state index contributed by atoms with van der Waals surface area (Å²) in [5, 5.41) is 15.6. The zero-order valence-electron chi connectivity index (χ0n) is 13.6. The molecular weight excluding hydrogens is 324 g/mol. The summed E-state index contributed by atoms with van der Waals surface area (Å²) in [4.78, 5) is 16.2. The minimum Gasteiger partial charge on any atom is -0.465 e. The molecule has 1 aromatic rings. The molecule has 0 bridgehead atoms. The van der Waals surface area contributed by atoms with E-state index in [4.69, 9.17) is 9.83 Å². The largest absolute Gasteiger partial charge is 0.465 e. The SMILES string of the molecule is CCCCCCCC1=NN2C(=N)C(=Cc3ccco3)C(=O)N=C2S1. The molecule has 1 amide bonds. The first-order chi connectivity index (χ1) is 11.7. The summed E-state index contributed by atoms with van der Waals surface area (Å²) in [5.41, 5.74) is 0.197. The van der Waals surface area contributed by atoms with Gasteiger partial charge in [0.05, 0.1) is 11.8 Å². The predicted molar refractivity (Wildman–Crippen MR) is 97.1 cm³/mol. The maximum atomic E-state index is 12.2. The molecule has 2 aliphatic rings. The smallest absolute Gasteiger partial charge is 0.283 e. The predicted octanol–water partition coefficient (Wildman–Crippen LogP) is 4.26. The zero-order valence-corrected chi connectivity index (χ0v) is 14.4. The van der Waals surface area contributed by atoms with Crippen LogP contribution in [0.5, 0.6) is 0 Å². The highest BCUT2D eigenvalue weighted by atomic mass is 32.2. The number of aliphatic imine (C=N–C) groups is 1. The van der Waals surface area contributed by atoms with Gasteiger partial charge in [-0.1, -0.05) is 32.6 Å².